The highest BCUT2D eigenvalue weighted by Crippen LogP contribution is 2.38. The highest BCUT2D eigenvalue weighted by atomic mass is 31.2. The van der Waals surface area contributed by atoms with Gasteiger partial charge in [-0.3, -0.25) is 4.52 Å². The van der Waals surface area contributed by atoms with E-state index in [4.69, 9.17) is 19.3 Å². The molecule has 1 aliphatic heterocycles. The predicted molar refractivity (Wildman–Crippen MR) is 81.0 cm³/mol. The molecule has 0 radical (unpaired) electrons. The Labute approximate surface area is 143 Å². The number of esters is 1. The number of aliphatic hydroxyl groups excluding tert-OH is 2. The average molecular weight is 376 g/mol. The third-order valence-corrected chi connectivity index (χ3v) is 3.72. The van der Waals surface area contributed by atoms with Crippen LogP contribution in [0.25, 0.3) is 0 Å². The molecule has 0 amide bonds. The molecule has 1 aliphatic rings. The molecule has 2 rings (SSSR count). The number of rotatable bonds is 7. The summed E-state index contributed by atoms with van der Waals surface area (Å²) in [4.78, 5) is 29.3. The molecule has 2 heterocycles. The summed E-state index contributed by atoms with van der Waals surface area (Å²) in [5, 5.41) is 19.9. The first-order valence-electron chi connectivity index (χ1n) is 7.37. The van der Waals surface area contributed by atoms with Gasteiger partial charge in [0.15, 0.2) is 23.9 Å². The molecule has 1 aromatic rings. The Kier molecular flexibility index (Phi) is 6.15. The fourth-order valence-corrected chi connectivity index (χ4v) is 2.38. The number of phosphoric ester groups is 1. The highest BCUT2D eigenvalue weighted by Gasteiger charge is 2.43. The molecule has 0 aliphatic carbocycles. The lowest BCUT2D eigenvalue weighted by Gasteiger charge is -2.11. The summed E-state index contributed by atoms with van der Waals surface area (Å²) in [6.45, 7) is 1.40. The monoisotopic (exact) mass is 376 g/mol. The third-order valence-electron chi connectivity index (χ3n) is 3.25. The molecule has 0 saturated carbocycles. The van der Waals surface area contributed by atoms with E-state index < -0.39 is 38.5 Å². The van der Waals surface area contributed by atoms with Crippen LogP contribution < -0.4 is 4.57 Å². The molecule has 25 heavy (non-hydrogen) atoms. The van der Waals surface area contributed by atoms with Crippen molar-refractivity contribution in [2.24, 2.45) is 0 Å². The van der Waals surface area contributed by atoms with Crippen molar-refractivity contribution in [2.45, 2.75) is 25.7 Å². The van der Waals surface area contributed by atoms with Crippen LogP contribution in [0.3, 0.4) is 0 Å². The van der Waals surface area contributed by atoms with Gasteiger partial charge in [-0.1, -0.05) is 6.92 Å². The zero-order valence-electron chi connectivity index (χ0n) is 13.3. The molecule has 1 aromatic heterocycles. The third kappa shape index (κ3) is 5.00. The molecule has 0 spiro atoms. The van der Waals surface area contributed by atoms with Crippen LogP contribution in [0.2, 0.25) is 0 Å². The van der Waals surface area contributed by atoms with Crippen LogP contribution in [0, 0.1) is 0 Å². The van der Waals surface area contributed by atoms with Gasteiger partial charge in [0, 0.05) is 6.07 Å². The van der Waals surface area contributed by atoms with Crippen molar-refractivity contribution in [3.8, 4) is 0 Å². The minimum Gasteiger partial charge on any atom is -0.506 e. The molecular formula is C14H19NO9P+. The highest BCUT2D eigenvalue weighted by molar-refractivity contribution is 7.46. The summed E-state index contributed by atoms with van der Waals surface area (Å²) < 4.78 is 26.6. The number of phosphoric acid groups is 1. The second-order valence-electron chi connectivity index (χ2n) is 5.20. The number of carbonyl (C=O) groups excluding carboxylic acids is 1. The van der Waals surface area contributed by atoms with Crippen LogP contribution in [0.1, 0.15) is 29.9 Å². The minimum atomic E-state index is -4.76. The number of aromatic nitrogens is 1. The van der Waals surface area contributed by atoms with Gasteiger partial charge < -0.3 is 29.5 Å². The summed E-state index contributed by atoms with van der Waals surface area (Å²) >= 11 is 0. The van der Waals surface area contributed by atoms with E-state index in [0.29, 0.717) is 6.42 Å². The molecule has 0 bridgehead atoms. The normalized spacial score (nSPS) is 20.5. The van der Waals surface area contributed by atoms with Gasteiger partial charge in [-0.15, -0.1) is 0 Å². The van der Waals surface area contributed by atoms with Gasteiger partial charge in [0.05, 0.1) is 6.61 Å². The topological polar surface area (TPSA) is 147 Å². The molecule has 0 aromatic carbocycles. The van der Waals surface area contributed by atoms with Crippen molar-refractivity contribution in [1.29, 1.82) is 0 Å². The number of carbonyl (C=O) groups is 1. The Balaban J connectivity index is 2.12. The van der Waals surface area contributed by atoms with Crippen LogP contribution in [-0.4, -0.2) is 45.3 Å². The van der Waals surface area contributed by atoms with Crippen LogP contribution in [0.4, 0.5) is 0 Å². The molecule has 0 fully saturated rings. The van der Waals surface area contributed by atoms with Gasteiger partial charge in [-0.25, -0.2) is 9.36 Å². The molecule has 1 unspecified atom stereocenters. The zero-order valence-corrected chi connectivity index (χ0v) is 14.2. The van der Waals surface area contributed by atoms with Gasteiger partial charge in [-0.05, 0) is 12.5 Å². The maximum absolute atomic E-state index is 11.9. The number of pyridine rings is 1. The standard InChI is InChI=1S/C14H18NO9P/c1-2-6-22-14(18)9-4-3-5-15(7-9)13-12(17)11(16)10(24-13)8-23-25(19,20)21/h3-5,7,12-13,17H,2,6,8H2,1H3,(H2-,16,19,20,21)/p+1/t12?,13-/m1/s1. The van der Waals surface area contributed by atoms with Crippen molar-refractivity contribution < 1.29 is 47.9 Å². The second kappa shape index (κ2) is 7.94. The number of aliphatic hydroxyl groups is 2. The van der Waals surface area contributed by atoms with E-state index >= 15 is 0 Å². The van der Waals surface area contributed by atoms with Crippen molar-refractivity contribution >= 4 is 13.8 Å². The number of nitrogens with zero attached hydrogens (tertiary/aromatic N) is 1. The Morgan fingerprint density at radius 3 is 2.80 bits per heavy atom. The minimum absolute atomic E-state index is 0.214. The van der Waals surface area contributed by atoms with Gasteiger partial charge in [0.25, 0.3) is 0 Å². The fourth-order valence-electron chi connectivity index (χ4n) is 2.10. The predicted octanol–water partition coefficient (Wildman–Crippen LogP) is 0.309. The van der Waals surface area contributed by atoms with Crippen molar-refractivity contribution in [1.82, 2.24) is 0 Å². The smallest absolute Gasteiger partial charge is 0.470 e. The molecule has 138 valence electrons. The first kappa shape index (κ1) is 19.4. The largest absolute Gasteiger partial charge is 0.506 e. The lowest BCUT2D eigenvalue weighted by Crippen LogP contribution is -2.45. The summed E-state index contributed by atoms with van der Waals surface area (Å²) in [6, 6.07) is 3.04. The Morgan fingerprint density at radius 2 is 2.16 bits per heavy atom. The second-order valence-corrected chi connectivity index (χ2v) is 6.44. The Hall–Kier alpha value is -1.97. The number of hydrogen-bond acceptors (Lipinski definition) is 7. The molecule has 4 N–H and O–H groups in total. The van der Waals surface area contributed by atoms with Gasteiger partial charge in [0.2, 0.25) is 6.10 Å². The van der Waals surface area contributed by atoms with E-state index in [1.165, 1.54) is 29.1 Å². The average Bonchev–Trinajstić information content (AvgIpc) is 2.85. The van der Waals surface area contributed by atoms with Crippen molar-refractivity contribution in [3.05, 3.63) is 41.6 Å². The molecule has 11 heteroatoms. The molecule has 0 saturated heterocycles. The van der Waals surface area contributed by atoms with E-state index in [-0.39, 0.29) is 17.9 Å². The number of ether oxygens (including phenoxy) is 2. The lowest BCUT2D eigenvalue weighted by atomic mass is 10.2. The molecule has 10 nitrogen and oxygen atoms in total. The summed E-state index contributed by atoms with van der Waals surface area (Å²) in [6.07, 6.45) is 0.900. The summed E-state index contributed by atoms with van der Waals surface area (Å²) in [5.41, 5.74) is 0.214. The summed E-state index contributed by atoms with van der Waals surface area (Å²) in [7, 11) is -4.76. The van der Waals surface area contributed by atoms with E-state index in [1.807, 2.05) is 6.92 Å². The van der Waals surface area contributed by atoms with E-state index in [1.54, 1.807) is 0 Å². The van der Waals surface area contributed by atoms with Gasteiger partial charge >= 0.3 is 20.0 Å². The van der Waals surface area contributed by atoms with Gasteiger partial charge in [-0.2, -0.15) is 4.57 Å². The van der Waals surface area contributed by atoms with E-state index in [0.717, 1.165) is 0 Å². The molecule has 2 atom stereocenters. The van der Waals surface area contributed by atoms with Crippen LogP contribution in [0.15, 0.2) is 36.0 Å². The van der Waals surface area contributed by atoms with Crippen molar-refractivity contribution in [3.63, 3.8) is 0 Å². The maximum atomic E-state index is 11.9. The van der Waals surface area contributed by atoms with Gasteiger partial charge in [0.1, 0.15) is 12.2 Å². The summed E-state index contributed by atoms with van der Waals surface area (Å²) in [5.74, 6) is -1.47. The first-order chi connectivity index (χ1) is 11.7. The van der Waals surface area contributed by atoms with E-state index in [9.17, 15) is 19.6 Å². The first-order valence-corrected chi connectivity index (χ1v) is 8.90. The lowest BCUT2D eigenvalue weighted by molar-refractivity contribution is -0.763. The Morgan fingerprint density at radius 1 is 1.44 bits per heavy atom. The zero-order chi connectivity index (χ0) is 18.6. The SMILES string of the molecule is CCCOC(=O)c1ccc[n+]([C@@H]2OC(COP(=O)(O)O)=C(O)C2O)c1. The van der Waals surface area contributed by atoms with Crippen LogP contribution >= 0.6 is 7.82 Å². The molecular weight excluding hydrogens is 357 g/mol. The fraction of sp³-hybridized carbons (Fsp3) is 0.429. The maximum Gasteiger partial charge on any atom is 0.470 e. The quantitative estimate of drug-likeness (QED) is 0.300. The van der Waals surface area contributed by atoms with Crippen LogP contribution in [-0.2, 0) is 18.6 Å². The van der Waals surface area contributed by atoms with E-state index in [2.05, 4.69) is 4.52 Å². The number of hydrogen-bond donors (Lipinski definition) is 4. The van der Waals surface area contributed by atoms with Crippen LogP contribution in [0.5, 0.6) is 0 Å². The Bertz CT molecular complexity index is 714. The van der Waals surface area contributed by atoms with Crippen molar-refractivity contribution in [2.75, 3.05) is 13.2 Å².